The maximum Gasteiger partial charge on any atom is 0.241 e. The van der Waals surface area contributed by atoms with Crippen LogP contribution in [0.5, 0.6) is 0 Å². The van der Waals surface area contributed by atoms with Gasteiger partial charge < -0.3 is 10.2 Å². The predicted molar refractivity (Wildman–Crippen MR) is 79.3 cm³/mol. The van der Waals surface area contributed by atoms with Gasteiger partial charge in [0.05, 0.1) is 6.54 Å². The van der Waals surface area contributed by atoms with Gasteiger partial charge in [-0.1, -0.05) is 32.0 Å². The van der Waals surface area contributed by atoms with Crippen LogP contribution >= 0.6 is 12.4 Å². The fourth-order valence-electron chi connectivity index (χ4n) is 1.69. The molecule has 18 heavy (non-hydrogen) atoms. The molecule has 0 bridgehead atoms. The highest BCUT2D eigenvalue weighted by Crippen LogP contribution is 2.05. The number of likely N-dealkylation sites (N-methyl/N-ethyl adjacent to an activating group) is 1. The molecule has 1 aromatic carbocycles. The van der Waals surface area contributed by atoms with Gasteiger partial charge in [0.2, 0.25) is 5.91 Å². The third-order valence-corrected chi connectivity index (χ3v) is 2.54. The zero-order valence-electron chi connectivity index (χ0n) is 11.3. The Balaban J connectivity index is 0.00000289. The molecule has 0 atom stereocenters. The van der Waals surface area contributed by atoms with Crippen LogP contribution in [0.2, 0.25) is 0 Å². The van der Waals surface area contributed by atoms with Crippen LogP contribution in [-0.4, -0.2) is 30.4 Å². The van der Waals surface area contributed by atoms with Crippen molar-refractivity contribution in [3.63, 3.8) is 0 Å². The Kier molecular flexibility index (Phi) is 8.21. The van der Waals surface area contributed by atoms with Crippen molar-refractivity contribution in [2.24, 2.45) is 5.92 Å². The number of para-hydroxylation sites is 1. The summed E-state index contributed by atoms with van der Waals surface area (Å²) >= 11 is 0. The molecule has 1 amide bonds. The van der Waals surface area contributed by atoms with Gasteiger partial charge in [0.15, 0.2) is 0 Å². The molecule has 1 N–H and O–H groups in total. The molecular formula is C14H23ClN2O. The quantitative estimate of drug-likeness (QED) is 0.862. The normalized spacial score (nSPS) is 9.78. The second-order valence-corrected chi connectivity index (χ2v) is 4.55. The molecule has 0 aliphatic rings. The monoisotopic (exact) mass is 270 g/mol. The summed E-state index contributed by atoms with van der Waals surface area (Å²) in [6.45, 7) is 8.23. The van der Waals surface area contributed by atoms with E-state index < -0.39 is 0 Å². The number of carbonyl (C=O) groups is 1. The van der Waals surface area contributed by atoms with E-state index in [4.69, 9.17) is 0 Å². The van der Waals surface area contributed by atoms with Crippen LogP contribution in [0, 0.1) is 5.92 Å². The van der Waals surface area contributed by atoms with Gasteiger partial charge in [-0.25, -0.2) is 0 Å². The van der Waals surface area contributed by atoms with Gasteiger partial charge in [0.1, 0.15) is 0 Å². The minimum absolute atomic E-state index is 0. The topological polar surface area (TPSA) is 32.3 Å². The van der Waals surface area contributed by atoms with Gasteiger partial charge in [0, 0.05) is 18.8 Å². The van der Waals surface area contributed by atoms with Crippen molar-refractivity contribution < 1.29 is 4.79 Å². The second kappa shape index (κ2) is 8.81. The maximum atomic E-state index is 11.9. The first-order chi connectivity index (χ1) is 8.13. The highest BCUT2D eigenvalue weighted by atomic mass is 35.5. The lowest BCUT2D eigenvalue weighted by Gasteiger charge is -2.23. The molecule has 102 valence electrons. The Morgan fingerprint density at radius 1 is 1.28 bits per heavy atom. The van der Waals surface area contributed by atoms with E-state index in [9.17, 15) is 4.79 Å². The Bertz CT molecular complexity index is 341. The smallest absolute Gasteiger partial charge is 0.241 e. The van der Waals surface area contributed by atoms with E-state index in [1.54, 1.807) is 0 Å². The van der Waals surface area contributed by atoms with Crippen molar-refractivity contribution in [3.8, 4) is 0 Å². The Morgan fingerprint density at radius 2 is 1.89 bits per heavy atom. The van der Waals surface area contributed by atoms with Crippen LogP contribution in [0.3, 0.4) is 0 Å². The first kappa shape index (κ1) is 16.8. The number of rotatable bonds is 6. The summed E-state index contributed by atoms with van der Waals surface area (Å²) in [6, 6.07) is 9.80. The summed E-state index contributed by atoms with van der Waals surface area (Å²) in [5.74, 6) is 0.667. The van der Waals surface area contributed by atoms with Crippen LogP contribution in [0.4, 0.5) is 5.69 Å². The van der Waals surface area contributed by atoms with Crippen molar-refractivity contribution in [1.29, 1.82) is 0 Å². The minimum atomic E-state index is 0. The van der Waals surface area contributed by atoms with Crippen molar-refractivity contribution in [2.45, 2.75) is 20.8 Å². The van der Waals surface area contributed by atoms with E-state index in [-0.39, 0.29) is 18.3 Å². The standard InChI is InChI=1S/C14H22N2O.ClH/c1-4-16(11-12(2)3)14(17)10-15-13-8-6-5-7-9-13;/h5-9,12,15H,4,10-11H2,1-3H3;1H. The van der Waals surface area contributed by atoms with E-state index in [0.29, 0.717) is 12.5 Å². The van der Waals surface area contributed by atoms with E-state index in [0.717, 1.165) is 18.8 Å². The van der Waals surface area contributed by atoms with Crippen molar-refractivity contribution >= 4 is 24.0 Å². The molecule has 0 unspecified atom stereocenters. The molecule has 0 saturated carbocycles. The highest BCUT2D eigenvalue weighted by Gasteiger charge is 2.12. The Labute approximate surface area is 116 Å². The fourth-order valence-corrected chi connectivity index (χ4v) is 1.69. The summed E-state index contributed by atoms with van der Waals surface area (Å²) in [5.41, 5.74) is 0.987. The SMILES string of the molecule is CCN(CC(C)C)C(=O)CNc1ccccc1.Cl. The van der Waals surface area contributed by atoms with Gasteiger partial charge in [-0.3, -0.25) is 4.79 Å². The van der Waals surface area contributed by atoms with Crippen LogP contribution in [-0.2, 0) is 4.79 Å². The number of amides is 1. The lowest BCUT2D eigenvalue weighted by atomic mass is 10.2. The average molecular weight is 271 g/mol. The third-order valence-electron chi connectivity index (χ3n) is 2.54. The maximum absolute atomic E-state index is 11.9. The molecule has 1 aromatic rings. The summed E-state index contributed by atoms with van der Waals surface area (Å²) in [7, 11) is 0. The highest BCUT2D eigenvalue weighted by molar-refractivity contribution is 5.85. The molecule has 0 saturated heterocycles. The molecular weight excluding hydrogens is 248 g/mol. The van der Waals surface area contributed by atoms with Crippen LogP contribution in [0.1, 0.15) is 20.8 Å². The summed E-state index contributed by atoms with van der Waals surface area (Å²) in [5, 5.41) is 3.14. The van der Waals surface area contributed by atoms with Crippen molar-refractivity contribution in [3.05, 3.63) is 30.3 Å². The molecule has 4 heteroatoms. The molecule has 0 aliphatic heterocycles. The van der Waals surface area contributed by atoms with Crippen molar-refractivity contribution in [1.82, 2.24) is 4.90 Å². The number of halogens is 1. The Morgan fingerprint density at radius 3 is 2.39 bits per heavy atom. The number of nitrogens with zero attached hydrogens (tertiary/aromatic N) is 1. The zero-order chi connectivity index (χ0) is 12.7. The van der Waals surface area contributed by atoms with E-state index in [1.165, 1.54) is 0 Å². The lowest BCUT2D eigenvalue weighted by molar-refractivity contribution is -0.129. The van der Waals surface area contributed by atoms with Gasteiger partial charge in [-0.15, -0.1) is 12.4 Å². The Hall–Kier alpha value is -1.22. The second-order valence-electron chi connectivity index (χ2n) is 4.55. The van der Waals surface area contributed by atoms with E-state index in [2.05, 4.69) is 19.2 Å². The van der Waals surface area contributed by atoms with Gasteiger partial charge in [0.25, 0.3) is 0 Å². The first-order valence-corrected chi connectivity index (χ1v) is 6.20. The van der Waals surface area contributed by atoms with Crippen molar-refractivity contribution in [2.75, 3.05) is 25.0 Å². The van der Waals surface area contributed by atoms with E-state index >= 15 is 0 Å². The van der Waals surface area contributed by atoms with Gasteiger partial charge in [-0.2, -0.15) is 0 Å². The number of hydrogen-bond acceptors (Lipinski definition) is 2. The van der Waals surface area contributed by atoms with Crippen LogP contribution in [0.25, 0.3) is 0 Å². The molecule has 1 rings (SSSR count). The molecule has 0 radical (unpaired) electrons. The minimum Gasteiger partial charge on any atom is -0.376 e. The number of carbonyl (C=O) groups excluding carboxylic acids is 1. The van der Waals surface area contributed by atoms with E-state index in [1.807, 2.05) is 42.2 Å². The molecule has 0 fully saturated rings. The fraction of sp³-hybridized carbons (Fsp3) is 0.500. The van der Waals surface area contributed by atoms with Gasteiger partial charge in [-0.05, 0) is 25.0 Å². The molecule has 0 heterocycles. The molecule has 0 spiro atoms. The van der Waals surface area contributed by atoms with Crippen LogP contribution < -0.4 is 5.32 Å². The van der Waals surface area contributed by atoms with Gasteiger partial charge >= 0.3 is 0 Å². The lowest BCUT2D eigenvalue weighted by Crippen LogP contribution is -2.37. The average Bonchev–Trinajstić information content (AvgIpc) is 2.34. The summed E-state index contributed by atoms with van der Waals surface area (Å²) in [4.78, 5) is 13.8. The molecule has 0 aromatic heterocycles. The number of benzene rings is 1. The third kappa shape index (κ3) is 5.92. The number of anilines is 1. The molecule has 0 aliphatic carbocycles. The largest absolute Gasteiger partial charge is 0.376 e. The molecule has 3 nitrogen and oxygen atoms in total. The predicted octanol–water partition coefficient (Wildman–Crippen LogP) is 3.02. The van der Waals surface area contributed by atoms with Crippen LogP contribution in [0.15, 0.2) is 30.3 Å². The number of nitrogens with one attached hydrogen (secondary N) is 1. The number of hydrogen-bond donors (Lipinski definition) is 1. The summed E-state index contributed by atoms with van der Waals surface area (Å²) in [6.07, 6.45) is 0. The zero-order valence-corrected chi connectivity index (χ0v) is 12.2. The summed E-state index contributed by atoms with van der Waals surface area (Å²) < 4.78 is 0. The first-order valence-electron chi connectivity index (χ1n) is 6.20.